The molecule has 1 saturated carbocycles. The lowest BCUT2D eigenvalue weighted by Crippen LogP contribution is -2.42. The third kappa shape index (κ3) is 2.50. The third-order valence-corrected chi connectivity index (χ3v) is 4.53. The summed E-state index contributed by atoms with van der Waals surface area (Å²) in [6.07, 6.45) is 2.80. The minimum Gasteiger partial charge on any atom is -0.327 e. The fourth-order valence-corrected chi connectivity index (χ4v) is 2.91. The van der Waals surface area contributed by atoms with Gasteiger partial charge < -0.3 is 5.73 Å². The van der Waals surface area contributed by atoms with E-state index < -0.39 is 5.41 Å². The predicted octanol–water partition coefficient (Wildman–Crippen LogP) is 3.22. The van der Waals surface area contributed by atoms with Crippen molar-refractivity contribution in [1.82, 2.24) is 0 Å². The van der Waals surface area contributed by atoms with Crippen molar-refractivity contribution < 1.29 is 9.18 Å². The molecule has 2 atom stereocenters. The van der Waals surface area contributed by atoms with Crippen molar-refractivity contribution in [2.24, 2.45) is 11.1 Å². The predicted molar refractivity (Wildman–Crippen MR) is 72.7 cm³/mol. The van der Waals surface area contributed by atoms with Crippen LogP contribution >= 0.6 is 15.9 Å². The topological polar surface area (TPSA) is 43.1 Å². The second-order valence-corrected chi connectivity index (χ2v) is 6.17. The summed E-state index contributed by atoms with van der Waals surface area (Å²) in [6, 6.07) is 4.70. The summed E-state index contributed by atoms with van der Waals surface area (Å²) in [7, 11) is 0. The third-order valence-electron chi connectivity index (χ3n) is 4.03. The highest BCUT2D eigenvalue weighted by Gasteiger charge is 2.42. The van der Waals surface area contributed by atoms with Crippen LogP contribution in [0.3, 0.4) is 0 Å². The van der Waals surface area contributed by atoms with Gasteiger partial charge in [0.1, 0.15) is 11.6 Å². The van der Waals surface area contributed by atoms with E-state index >= 15 is 0 Å². The maximum atomic E-state index is 13.7. The normalized spacial score (nSPS) is 27.4. The number of hydrogen-bond donors (Lipinski definition) is 1. The molecule has 2 nitrogen and oxygen atoms in total. The number of benzene rings is 1. The number of nitrogens with two attached hydrogens (primary N) is 1. The molecule has 0 spiro atoms. The molecule has 1 aromatic rings. The molecule has 0 aliphatic heterocycles. The summed E-state index contributed by atoms with van der Waals surface area (Å²) in [5.74, 6) is -0.290. The summed E-state index contributed by atoms with van der Waals surface area (Å²) >= 11 is 3.20. The van der Waals surface area contributed by atoms with E-state index in [4.69, 9.17) is 5.73 Å². The first-order valence-electron chi connectivity index (χ1n) is 6.16. The molecule has 1 aliphatic rings. The van der Waals surface area contributed by atoms with Crippen LogP contribution in [0.5, 0.6) is 0 Å². The Morgan fingerprint density at radius 3 is 2.89 bits per heavy atom. The average Bonchev–Trinajstić information content (AvgIpc) is 2.64. The number of hydrogen-bond acceptors (Lipinski definition) is 2. The van der Waals surface area contributed by atoms with E-state index in [2.05, 4.69) is 15.9 Å². The van der Waals surface area contributed by atoms with Gasteiger partial charge in [-0.2, -0.15) is 0 Å². The standard InChI is InChI=1S/C14H17BrFNO/c1-14(6-2-3-12(14)17)13(18)7-9-4-5-10(15)8-11(9)16/h4-5,8,12H,2-3,6-7,17H2,1H3. The molecule has 0 bridgehead atoms. The Bertz CT molecular complexity index is 477. The minimum atomic E-state index is -0.487. The van der Waals surface area contributed by atoms with Crippen molar-refractivity contribution in [1.29, 1.82) is 0 Å². The van der Waals surface area contributed by atoms with E-state index in [0.29, 0.717) is 10.0 Å². The van der Waals surface area contributed by atoms with Crippen LogP contribution in [0.2, 0.25) is 0 Å². The fourth-order valence-electron chi connectivity index (χ4n) is 2.58. The quantitative estimate of drug-likeness (QED) is 0.931. The Morgan fingerprint density at radius 1 is 1.61 bits per heavy atom. The molecule has 4 heteroatoms. The van der Waals surface area contributed by atoms with E-state index in [-0.39, 0.29) is 24.1 Å². The number of Topliss-reactive ketones (excluding diaryl/α,β-unsaturated/α-hetero) is 1. The molecular weight excluding hydrogens is 297 g/mol. The van der Waals surface area contributed by atoms with Crippen molar-refractivity contribution in [3.05, 3.63) is 34.1 Å². The lowest BCUT2D eigenvalue weighted by Gasteiger charge is -2.27. The Kier molecular flexibility index (Phi) is 3.87. The van der Waals surface area contributed by atoms with Crippen molar-refractivity contribution >= 4 is 21.7 Å². The van der Waals surface area contributed by atoms with Crippen molar-refractivity contribution in [2.75, 3.05) is 0 Å². The highest BCUT2D eigenvalue weighted by atomic mass is 79.9. The van der Waals surface area contributed by atoms with Gasteiger partial charge in [-0.15, -0.1) is 0 Å². The van der Waals surface area contributed by atoms with Crippen LogP contribution in [-0.4, -0.2) is 11.8 Å². The smallest absolute Gasteiger partial charge is 0.144 e. The summed E-state index contributed by atoms with van der Waals surface area (Å²) in [5, 5.41) is 0. The monoisotopic (exact) mass is 313 g/mol. The molecule has 2 rings (SSSR count). The largest absolute Gasteiger partial charge is 0.327 e. The zero-order chi connectivity index (χ0) is 13.3. The van der Waals surface area contributed by atoms with Gasteiger partial charge in [-0.3, -0.25) is 4.79 Å². The van der Waals surface area contributed by atoms with E-state index in [1.165, 1.54) is 6.07 Å². The van der Waals surface area contributed by atoms with Gasteiger partial charge in [0.15, 0.2) is 0 Å². The molecule has 98 valence electrons. The second kappa shape index (κ2) is 5.10. The minimum absolute atomic E-state index is 0.0497. The van der Waals surface area contributed by atoms with Crippen LogP contribution in [0.25, 0.3) is 0 Å². The lowest BCUT2D eigenvalue weighted by molar-refractivity contribution is -0.127. The molecule has 2 unspecified atom stereocenters. The van der Waals surface area contributed by atoms with Crippen LogP contribution in [0.4, 0.5) is 4.39 Å². The zero-order valence-corrected chi connectivity index (χ0v) is 12.0. The van der Waals surface area contributed by atoms with E-state index in [1.54, 1.807) is 12.1 Å². The maximum absolute atomic E-state index is 13.7. The molecule has 1 aliphatic carbocycles. The average molecular weight is 314 g/mol. The number of carbonyl (C=O) groups excluding carboxylic acids is 1. The van der Waals surface area contributed by atoms with Crippen molar-refractivity contribution in [3.8, 4) is 0 Å². The molecule has 0 amide bonds. The molecule has 1 aromatic carbocycles. The van der Waals surface area contributed by atoms with Gasteiger partial charge in [0.25, 0.3) is 0 Å². The maximum Gasteiger partial charge on any atom is 0.144 e. The van der Waals surface area contributed by atoms with Gasteiger partial charge in [-0.1, -0.05) is 35.3 Å². The van der Waals surface area contributed by atoms with Crippen molar-refractivity contribution in [3.63, 3.8) is 0 Å². The van der Waals surface area contributed by atoms with Gasteiger partial charge in [-0.25, -0.2) is 4.39 Å². The fraction of sp³-hybridized carbons (Fsp3) is 0.500. The van der Waals surface area contributed by atoms with Gasteiger partial charge >= 0.3 is 0 Å². The number of carbonyl (C=O) groups is 1. The Morgan fingerprint density at radius 2 is 2.33 bits per heavy atom. The van der Waals surface area contributed by atoms with E-state index in [1.807, 2.05) is 6.92 Å². The Balaban J connectivity index is 2.16. The number of ketones is 1. The van der Waals surface area contributed by atoms with Crippen LogP contribution < -0.4 is 5.73 Å². The van der Waals surface area contributed by atoms with Gasteiger partial charge in [0, 0.05) is 22.4 Å². The first-order chi connectivity index (χ1) is 8.43. The van der Waals surface area contributed by atoms with Crippen LogP contribution in [0.1, 0.15) is 31.7 Å². The van der Waals surface area contributed by atoms with Crippen molar-refractivity contribution in [2.45, 2.75) is 38.6 Å². The van der Waals surface area contributed by atoms with Crippen LogP contribution in [-0.2, 0) is 11.2 Å². The first-order valence-corrected chi connectivity index (χ1v) is 6.95. The summed E-state index contributed by atoms with van der Waals surface area (Å²) in [4.78, 5) is 12.3. The Labute approximate surface area is 115 Å². The summed E-state index contributed by atoms with van der Waals surface area (Å²) < 4.78 is 14.4. The molecule has 0 radical (unpaired) electrons. The number of halogens is 2. The molecule has 0 heterocycles. The summed E-state index contributed by atoms with van der Waals surface area (Å²) in [5.41, 5.74) is 5.97. The summed E-state index contributed by atoms with van der Waals surface area (Å²) in [6.45, 7) is 1.91. The second-order valence-electron chi connectivity index (χ2n) is 5.25. The van der Waals surface area contributed by atoms with E-state index in [9.17, 15) is 9.18 Å². The molecule has 0 saturated heterocycles. The molecule has 1 fully saturated rings. The highest BCUT2D eigenvalue weighted by Crippen LogP contribution is 2.38. The SMILES string of the molecule is CC1(C(=O)Cc2ccc(Br)cc2F)CCCC1N. The molecule has 0 aromatic heterocycles. The number of rotatable bonds is 3. The first kappa shape index (κ1) is 13.7. The van der Waals surface area contributed by atoms with Crippen LogP contribution in [0.15, 0.2) is 22.7 Å². The highest BCUT2D eigenvalue weighted by molar-refractivity contribution is 9.10. The van der Waals surface area contributed by atoms with E-state index in [0.717, 1.165) is 19.3 Å². The van der Waals surface area contributed by atoms with Gasteiger partial charge in [-0.05, 0) is 30.5 Å². The Hall–Kier alpha value is -0.740. The van der Waals surface area contributed by atoms with Gasteiger partial charge in [0.2, 0.25) is 0 Å². The molecular formula is C14H17BrFNO. The molecule has 2 N–H and O–H groups in total. The van der Waals surface area contributed by atoms with Gasteiger partial charge in [0.05, 0.1) is 0 Å². The van der Waals surface area contributed by atoms with Crippen LogP contribution in [0, 0.1) is 11.2 Å². The lowest BCUT2D eigenvalue weighted by atomic mass is 9.78. The zero-order valence-electron chi connectivity index (χ0n) is 10.4. The molecule has 18 heavy (non-hydrogen) atoms.